The first-order valence-corrected chi connectivity index (χ1v) is 9.24. The second kappa shape index (κ2) is 7.88. The van der Waals surface area contributed by atoms with Crippen LogP contribution in [0.15, 0.2) is 0 Å². The topological polar surface area (TPSA) is 88.2 Å². The lowest BCUT2D eigenvalue weighted by Gasteiger charge is -2.20. The van der Waals surface area contributed by atoms with Gasteiger partial charge in [-0.05, 0) is 19.8 Å². The molecule has 24 heavy (non-hydrogen) atoms. The van der Waals surface area contributed by atoms with E-state index in [0.717, 1.165) is 6.42 Å². The van der Waals surface area contributed by atoms with Gasteiger partial charge in [0, 0.05) is 25.3 Å². The molecule has 2 rings (SSSR count). The number of nitrogens with zero attached hydrogens (tertiary/aromatic N) is 1. The molecule has 7 heteroatoms. The van der Waals surface area contributed by atoms with E-state index in [-0.39, 0.29) is 36.0 Å². The van der Waals surface area contributed by atoms with Crippen molar-refractivity contribution < 1.29 is 14.4 Å². The van der Waals surface area contributed by atoms with Crippen LogP contribution in [0.3, 0.4) is 0 Å². The molecule has 1 aromatic heterocycles. The highest BCUT2D eigenvalue weighted by Crippen LogP contribution is 2.32. The highest BCUT2D eigenvalue weighted by Gasteiger charge is 2.33. The second-order valence-corrected chi connectivity index (χ2v) is 7.75. The summed E-state index contributed by atoms with van der Waals surface area (Å²) in [7, 11) is 0. The van der Waals surface area contributed by atoms with Crippen molar-refractivity contribution in [3.05, 3.63) is 10.6 Å². The van der Waals surface area contributed by atoms with Crippen molar-refractivity contribution in [3.8, 4) is 0 Å². The minimum absolute atomic E-state index is 0.0415. The SMILES string of the molecule is CC[C@H](C)CC(=O)Nc1nc2c(s1)C(=O)C[C@H](C(=O)NC(C)C)C2. The molecule has 2 N–H and O–H groups in total. The van der Waals surface area contributed by atoms with Crippen LogP contribution in [-0.4, -0.2) is 28.6 Å². The van der Waals surface area contributed by atoms with Gasteiger partial charge in [-0.25, -0.2) is 4.98 Å². The fourth-order valence-corrected chi connectivity index (χ4v) is 3.56. The molecule has 0 bridgehead atoms. The van der Waals surface area contributed by atoms with Crippen molar-refractivity contribution in [1.29, 1.82) is 0 Å². The molecule has 0 saturated carbocycles. The van der Waals surface area contributed by atoms with Gasteiger partial charge in [0.2, 0.25) is 11.8 Å². The van der Waals surface area contributed by atoms with Gasteiger partial charge in [0.1, 0.15) is 0 Å². The number of amides is 2. The van der Waals surface area contributed by atoms with Gasteiger partial charge in [0.15, 0.2) is 10.9 Å². The first-order chi connectivity index (χ1) is 11.3. The largest absolute Gasteiger partial charge is 0.354 e. The fraction of sp³-hybridized carbons (Fsp3) is 0.647. The van der Waals surface area contributed by atoms with E-state index in [1.54, 1.807) is 0 Å². The van der Waals surface area contributed by atoms with Gasteiger partial charge in [-0.2, -0.15) is 0 Å². The summed E-state index contributed by atoms with van der Waals surface area (Å²) in [6.07, 6.45) is 2.02. The minimum Gasteiger partial charge on any atom is -0.354 e. The zero-order valence-electron chi connectivity index (χ0n) is 14.6. The molecule has 132 valence electrons. The zero-order valence-corrected chi connectivity index (χ0v) is 15.5. The van der Waals surface area contributed by atoms with Crippen molar-refractivity contribution in [1.82, 2.24) is 10.3 Å². The third kappa shape index (κ3) is 4.63. The minimum atomic E-state index is -0.377. The maximum Gasteiger partial charge on any atom is 0.226 e. The number of hydrogen-bond acceptors (Lipinski definition) is 5. The Morgan fingerprint density at radius 1 is 1.29 bits per heavy atom. The van der Waals surface area contributed by atoms with Crippen LogP contribution in [0.25, 0.3) is 0 Å². The predicted molar refractivity (Wildman–Crippen MR) is 94.2 cm³/mol. The van der Waals surface area contributed by atoms with Gasteiger partial charge in [0.05, 0.1) is 16.5 Å². The van der Waals surface area contributed by atoms with Crippen LogP contribution < -0.4 is 10.6 Å². The van der Waals surface area contributed by atoms with Gasteiger partial charge in [-0.15, -0.1) is 0 Å². The summed E-state index contributed by atoms with van der Waals surface area (Å²) >= 11 is 1.21. The lowest BCUT2D eigenvalue weighted by Crippen LogP contribution is -2.39. The Morgan fingerprint density at radius 2 is 2.00 bits per heavy atom. The van der Waals surface area contributed by atoms with Crippen molar-refractivity contribution in [2.24, 2.45) is 11.8 Å². The smallest absolute Gasteiger partial charge is 0.226 e. The Hall–Kier alpha value is -1.76. The summed E-state index contributed by atoms with van der Waals surface area (Å²) in [4.78, 5) is 41.4. The number of fused-ring (bicyclic) bond motifs is 1. The van der Waals surface area contributed by atoms with Crippen molar-refractivity contribution in [3.63, 3.8) is 0 Å². The molecule has 1 aromatic rings. The van der Waals surface area contributed by atoms with Crippen LogP contribution in [0.4, 0.5) is 5.13 Å². The van der Waals surface area contributed by atoms with Gasteiger partial charge in [-0.3, -0.25) is 14.4 Å². The van der Waals surface area contributed by atoms with Gasteiger partial charge < -0.3 is 10.6 Å². The molecule has 0 saturated heterocycles. The van der Waals surface area contributed by atoms with E-state index < -0.39 is 0 Å². The van der Waals surface area contributed by atoms with Crippen LogP contribution in [0.5, 0.6) is 0 Å². The maximum absolute atomic E-state index is 12.3. The van der Waals surface area contributed by atoms with Crippen LogP contribution in [-0.2, 0) is 16.0 Å². The Bertz CT molecular complexity index is 639. The third-order valence-corrected chi connectivity index (χ3v) is 5.16. The molecule has 1 aliphatic carbocycles. The molecule has 1 heterocycles. The molecule has 0 radical (unpaired) electrons. The number of anilines is 1. The first-order valence-electron chi connectivity index (χ1n) is 8.43. The Kier molecular flexibility index (Phi) is 6.10. The molecular formula is C17H25N3O3S. The van der Waals surface area contributed by atoms with Crippen LogP contribution in [0.2, 0.25) is 0 Å². The predicted octanol–water partition coefficient (Wildman–Crippen LogP) is 2.79. The number of thiazole rings is 1. The maximum atomic E-state index is 12.3. The third-order valence-electron chi connectivity index (χ3n) is 4.10. The number of rotatable bonds is 6. The summed E-state index contributed by atoms with van der Waals surface area (Å²) < 4.78 is 0. The number of aromatic nitrogens is 1. The van der Waals surface area contributed by atoms with Crippen LogP contribution in [0.1, 0.15) is 62.3 Å². The average molecular weight is 351 g/mol. The molecule has 0 aliphatic heterocycles. The highest BCUT2D eigenvalue weighted by molar-refractivity contribution is 7.17. The first kappa shape index (κ1) is 18.6. The molecule has 1 aliphatic rings. The second-order valence-electron chi connectivity index (χ2n) is 6.75. The van der Waals surface area contributed by atoms with Crippen molar-refractivity contribution in [2.75, 3.05) is 5.32 Å². The van der Waals surface area contributed by atoms with E-state index in [2.05, 4.69) is 15.6 Å². The van der Waals surface area contributed by atoms with Gasteiger partial charge in [0.25, 0.3) is 0 Å². The number of nitrogens with one attached hydrogen (secondary N) is 2. The van der Waals surface area contributed by atoms with Crippen molar-refractivity contribution >= 4 is 34.1 Å². The number of Topliss-reactive ketones (excluding diaryl/α,β-unsaturated/α-hetero) is 1. The van der Waals surface area contributed by atoms with E-state index in [1.165, 1.54) is 11.3 Å². The van der Waals surface area contributed by atoms with Gasteiger partial charge >= 0.3 is 0 Å². The standard InChI is InChI=1S/C17H25N3O3S/c1-5-10(4)6-14(22)20-17-19-12-7-11(16(23)18-9(2)3)8-13(21)15(12)24-17/h9-11H,5-8H2,1-4H3,(H,18,23)(H,19,20,22)/t10-,11+/m0/s1. The molecule has 2 atom stereocenters. The molecule has 6 nitrogen and oxygen atoms in total. The Balaban J connectivity index is 2.06. The monoisotopic (exact) mass is 351 g/mol. The number of ketones is 1. The molecule has 0 fully saturated rings. The normalized spacial score (nSPS) is 18.2. The molecular weight excluding hydrogens is 326 g/mol. The van der Waals surface area contributed by atoms with Crippen molar-refractivity contribution in [2.45, 2.75) is 59.4 Å². The van der Waals surface area contributed by atoms with Crippen LogP contribution >= 0.6 is 11.3 Å². The van der Waals surface area contributed by atoms with E-state index in [4.69, 9.17) is 0 Å². The molecule has 0 spiro atoms. The molecule has 0 aromatic carbocycles. The van der Waals surface area contributed by atoms with Gasteiger partial charge in [-0.1, -0.05) is 31.6 Å². The lowest BCUT2D eigenvalue weighted by molar-refractivity contribution is -0.125. The molecule has 2 amide bonds. The summed E-state index contributed by atoms with van der Waals surface area (Å²) in [6, 6.07) is 0.0415. The summed E-state index contributed by atoms with van der Waals surface area (Å²) in [5.74, 6) is -0.333. The quantitative estimate of drug-likeness (QED) is 0.825. The van der Waals surface area contributed by atoms with E-state index in [0.29, 0.717) is 34.5 Å². The number of carbonyl (C=O) groups is 3. The average Bonchev–Trinajstić information content (AvgIpc) is 2.89. The number of carbonyl (C=O) groups excluding carboxylic acids is 3. The zero-order chi connectivity index (χ0) is 17.9. The van der Waals surface area contributed by atoms with E-state index >= 15 is 0 Å². The summed E-state index contributed by atoms with van der Waals surface area (Å²) in [5, 5.41) is 6.07. The van der Waals surface area contributed by atoms with Crippen LogP contribution in [0, 0.1) is 11.8 Å². The summed E-state index contributed by atoms with van der Waals surface area (Å²) in [5.41, 5.74) is 0.624. The molecule has 0 unspecified atom stereocenters. The Labute approximate surface area is 146 Å². The lowest BCUT2D eigenvalue weighted by atomic mass is 9.89. The van der Waals surface area contributed by atoms with E-state index in [9.17, 15) is 14.4 Å². The Morgan fingerprint density at radius 3 is 2.62 bits per heavy atom. The highest BCUT2D eigenvalue weighted by atomic mass is 32.1. The van der Waals surface area contributed by atoms with E-state index in [1.807, 2.05) is 27.7 Å². The number of hydrogen-bond donors (Lipinski definition) is 2. The summed E-state index contributed by atoms with van der Waals surface area (Å²) in [6.45, 7) is 7.85. The fourth-order valence-electron chi connectivity index (χ4n) is 2.60.